The molecule has 0 saturated heterocycles. The minimum atomic E-state index is -0.201. The van der Waals surface area contributed by atoms with E-state index in [1.54, 1.807) is 0 Å². The number of hydrogen-bond acceptors (Lipinski definition) is 4. The number of nitrogens with zero attached hydrogens (tertiary/aromatic N) is 3. The van der Waals surface area contributed by atoms with E-state index in [9.17, 15) is 0 Å². The van der Waals surface area contributed by atoms with E-state index in [0.717, 1.165) is 67.4 Å². The number of rotatable bonds is 6. The molecule has 0 spiro atoms. The van der Waals surface area contributed by atoms with Gasteiger partial charge in [0.2, 0.25) is 0 Å². The molecule has 5 heteroatoms. The molecule has 378 valence electrons. The molecule has 0 aliphatic carbocycles. The molecule has 3 heterocycles. The van der Waals surface area contributed by atoms with Crippen LogP contribution in [0.1, 0.15) is 111 Å². The van der Waals surface area contributed by atoms with Crippen LogP contribution in [0.15, 0.2) is 192 Å². The van der Waals surface area contributed by atoms with E-state index in [1.807, 2.05) is 0 Å². The molecule has 0 fully saturated rings. The minimum Gasteiger partial charge on any atom is -0.454 e. The summed E-state index contributed by atoms with van der Waals surface area (Å²) in [5.41, 5.74) is 24.4. The predicted octanol–water partition coefficient (Wildman–Crippen LogP) is 18.9. The fraction of sp³-hybridized carbons (Fsp3) is 0.239. The Morgan fingerprint density at radius 1 is 0.421 bits per heavy atom. The average molecular weight is 992 g/mol. The fourth-order valence-electron chi connectivity index (χ4n) is 11.9. The van der Waals surface area contributed by atoms with Crippen LogP contribution in [0.25, 0.3) is 44.2 Å². The highest BCUT2D eigenvalue weighted by atomic mass is 16.3. The van der Waals surface area contributed by atoms with Crippen molar-refractivity contribution in [2.24, 2.45) is 0 Å². The van der Waals surface area contributed by atoms with Crippen molar-refractivity contribution in [1.29, 1.82) is 0 Å². The topological polar surface area (TPSA) is 22.9 Å². The van der Waals surface area contributed by atoms with E-state index >= 15 is 0 Å². The highest BCUT2D eigenvalue weighted by Gasteiger charge is 2.47. The molecule has 9 aromatic carbocycles. The highest BCUT2D eigenvalue weighted by Crippen LogP contribution is 2.53. The number of para-hydroxylation sites is 1. The lowest BCUT2D eigenvalue weighted by molar-refractivity contribution is 0.590. The summed E-state index contributed by atoms with van der Waals surface area (Å²) in [4.78, 5) is 7.63. The van der Waals surface area contributed by atoms with Gasteiger partial charge in [-0.1, -0.05) is 192 Å². The summed E-state index contributed by atoms with van der Waals surface area (Å²) in [7, 11) is 0. The van der Waals surface area contributed by atoms with Gasteiger partial charge in [-0.15, -0.1) is 0 Å². The Hall–Kier alpha value is -7.76. The molecule has 0 N–H and O–H groups in total. The molecule has 2 aliphatic heterocycles. The first-order valence-electron chi connectivity index (χ1n) is 27.3. The molecule has 0 unspecified atom stereocenters. The number of aryl methyl sites for hydroxylation is 1. The van der Waals surface area contributed by atoms with Crippen molar-refractivity contribution in [3.05, 3.63) is 216 Å². The third-order valence-corrected chi connectivity index (χ3v) is 16.1. The Labute approximate surface area is 451 Å². The van der Waals surface area contributed by atoms with Gasteiger partial charge in [0, 0.05) is 56.0 Å². The van der Waals surface area contributed by atoms with Gasteiger partial charge in [0.1, 0.15) is 5.58 Å². The zero-order valence-corrected chi connectivity index (χ0v) is 46.7. The molecule has 0 atom stereocenters. The maximum atomic E-state index is 7.19. The van der Waals surface area contributed by atoms with Crippen LogP contribution in [0.3, 0.4) is 0 Å². The van der Waals surface area contributed by atoms with Crippen LogP contribution in [0, 0.1) is 6.92 Å². The Morgan fingerprint density at radius 3 is 1.57 bits per heavy atom. The van der Waals surface area contributed by atoms with Gasteiger partial charge in [-0.05, 0) is 157 Å². The number of fused-ring (bicyclic) bond motifs is 8. The number of furan rings is 1. The standard InChI is InChI=1S/C71H70BN3O/c1-45-41-59-58-44-54(73(51-30-23-47(24-31-51)68(2,3)4)52-32-25-48(26-33-52)69(5,6)7)36-40-62(58)75(53-34-27-49(28-35-53)70(8,9)10)72-60-38-37-56-55-21-17-18-22-64(55)76-67(56)66(60)74(63(42-45)65(59)72)61-39-29-50(71(11,12)13)43-57(61)46-19-15-14-16-20-46/h14-44H,1-13H3. The van der Waals surface area contributed by atoms with Crippen LogP contribution in [0.4, 0.5) is 45.5 Å². The van der Waals surface area contributed by atoms with Gasteiger partial charge in [0.15, 0.2) is 5.58 Å². The van der Waals surface area contributed by atoms with Crippen LogP contribution in [0.2, 0.25) is 0 Å². The first-order chi connectivity index (χ1) is 36.1. The third kappa shape index (κ3) is 8.31. The van der Waals surface area contributed by atoms with Gasteiger partial charge in [0.05, 0.1) is 11.4 Å². The van der Waals surface area contributed by atoms with Gasteiger partial charge < -0.3 is 19.0 Å². The molecular weight excluding hydrogens is 922 g/mol. The maximum absolute atomic E-state index is 7.19. The summed E-state index contributed by atoms with van der Waals surface area (Å²) in [6.45, 7) is 29.6. The van der Waals surface area contributed by atoms with Gasteiger partial charge in [0.25, 0.3) is 0 Å². The first kappa shape index (κ1) is 49.1. The lowest BCUT2D eigenvalue weighted by atomic mass is 9.43. The number of anilines is 8. The van der Waals surface area contributed by atoms with Gasteiger partial charge in [-0.25, -0.2) is 0 Å². The Bertz CT molecular complexity index is 3800. The van der Waals surface area contributed by atoms with Gasteiger partial charge in [-0.3, -0.25) is 0 Å². The second kappa shape index (κ2) is 17.7. The molecule has 0 bridgehead atoms. The molecular formula is C71H70BN3O. The van der Waals surface area contributed by atoms with Crippen molar-refractivity contribution in [3.63, 3.8) is 0 Å². The molecule has 10 aromatic rings. The van der Waals surface area contributed by atoms with Crippen molar-refractivity contribution >= 4 is 85.2 Å². The zero-order chi connectivity index (χ0) is 53.2. The predicted molar refractivity (Wildman–Crippen MR) is 327 cm³/mol. The lowest BCUT2D eigenvalue weighted by Crippen LogP contribution is -2.61. The largest absolute Gasteiger partial charge is 0.454 e. The van der Waals surface area contributed by atoms with Crippen LogP contribution < -0.4 is 25.5 Å². The normalized spacial score (nSPS) is 13.5. The van der Waals surface area contributed by atoms with Crippen LogP contribution >= 0.6 is 0 Å². The van der Waals surface area contributed by atoms with Crippen molar-refractivity contribution < 1.29 is 4.42 Å². The quantitative estimate of drug-likeness (QED) is 0.155. The van der Waals surface area contributed by atoms with Crippen molar-refractivity contribution in [3.8, 4) is 22.3 Å². The maximum Gasteiger partial charge on any atom is 0.333 e. The monoisotopic (exact) mass is 992 g/mol. The second-order valence-corrected chi connectivity index (χ2v) is 25.6. The van der Waals surface area contributed by atoms with E-state index in [1.165, 1.54) is 61.0 Å². The molecule has 12 rings (SSSR count). The molecule has 4 nitrogen and oxygen atoms in total. The van der Waals surface area contributed by atoms with E-state index < -0.39 is 0 Å². The third-order valence-electron chi connectivity index (χ3n) is 16.1. The first-order valence-corrected chi connectivity index (χ1v) is 27.3. The molecule has 76 heavy (non-hydrogen) atoms. The van der Waals surface area contributed by atoms with E-state index in [2.05, 4.69) is 293 Å². The average Bonchev–Trinajstić information content (AvgIpc) is 3.84. The van der Waals surface area contributed by atoms with Gasteiger partial charge in [-0.2, -0.15) is 0 Å². The summed E-state index contributed by atoms with van der Waals surface area (Å²) in [6.07, 6.45) is 0. The van der Waals surface area contributed by atoms with E-state index in [-0.39, 0.29) is 28.5 Å². The summed E-state index contributed by atoms with van der Waals surface area (Å²) in [5.74, 6) is 0. The molecule has 0 saturated carbocycles. The summed E-state index contributed by atoms with van der Waals surface area (Å²) < 4.78 is 7.19. The van der Waals surface area contributed by atoms with Crippen molar-refractivity contribution in [1.82, 2.24) is 0 Å². The SMILES string of the molecule is Cc1cc2c3c(c1)N(c1ccc(C(C)(C)C)cc1-c1ccccc1)c1c(ccc4c1oc1ccccc14)B3N(c1ccc(C(C)(C)C)cc1)c1ccc(N(c3ccc(C(C)(C)C)cc3)c3ccc(C(C)(C)C)cc3)cc1-2. The highest BCUT2D eigenvalue weighted by molar-refractivity contribution is 6.94. The Morgan fingerprint density at radius 2 is 0.961 bits per heavy atom. The number of hydrogen-bond donors (Lipinski definition) is 0. The smallest absolute Gasteiger partial charge is 0.333 e. The van der Waals surface area contributed by atoms with Crippen LogP contribution in [-0.4, -0.2) is 6.85 Å². The molecule has 0 amide bonds. The van der Waals surface area contributed by atoms with E-state index in [0.29, 0.717) is 0 Å². The molecule has 0 radical (unpaired) electrons. The van der Waals surface area contributed by atoms with Crippen molar-refractivity contribution in [2.45, 2.75) is 112 Å². The summed E-state index contributed by atoms with van der Waals surface area (Å²) in [6, 6.07) is 71.1. The van der Waals surface area contributed by atoms with Crippen LogP contribution in [0.5, 0.6) is 0 Å². The molecule has 2 aliphatic rings. The van der Waals surface area contributed by atoms with Crippen molar-refractivity contribution in [2.75, 3.05) is 14.6 Å². The number of benzene rings is 9. The van der Waals surface area contributed by atoms with Gasteiger partial charge >= 0.3 is 6.85 Å². The second-order valence-electron chi connectivity index (χ2n) is 25.6. The van der Waals surface area contributed by atoms with Crippen LogP contribution in [-0.2, 0) is 21.7 Å². The Balaban J connectivity index is 1.17. The minimum absolute atomic E-state index is 0.00596. The zero-order valence-electron chi connectivity index (χ0n) is 46.7. The fourth-order valence-corrected chi connectivity index (χ4v) is 11.9. The molecule has 1 aromatic heterocycles. The van der Waals surface area contributed by atoms with E-state index in [4.69, 9.17) is 4.42 Å². The lowest BCUT2D eigenvalue weighted by Gasteiger charge is -2.46. The summed E-state index contributed by atoms with van der Waals surface area (Å²) in [5, 5.41) is 2.22. The summed E-state index contributed by atoms with van der Waals surface area (Å²) >= 11 is 0. The Kier molecular flexibility index (Phi) is 11.4.